The minimum Gasteiger partial charge on any atom is -0.349 e. The van der Waals surface area contributed by atoms with Gasteiger partial charge in [-0.05, 0) is 17.7 Å². The third-order valence-corrected chi connectivity index (χ3v) is 3.19. The van der Waals surface area contributed by atoms with E-state index < -0.39 is 42.6 Å². The van der Waals surface area contributed by atoms with Crippen LogP contribution in [0.4, 0.5) is 18.9 Å². The maximum atomic E-state index is 13.1. The van der Waals surface area contributed by atoms with Crippen LogP contribution in [0, 0.1) is 5.82 Å². The van der Waals surface area contributed by atoms with Crippen LogP contribution >= 0.6 is 0 Å². The van der Waals surface area contributed by atoms with E-state index in [2.05, 4.69) is 10.6 Å². The van der Waals surface area contributed by atoms with E-state index in [4.69, 9.17) is 5.73 Å². The molecule has 1 aromatic rings. The summed E-state index contributed by atoms with van der Waals surface area (Å²) >= 11 is 0. The number of hydrogen-bond donors (Lipinski definition) is 3. The predicted octanol–water partition coefficient (Wildman–Crippen LogP) is 0.962. The van der Waals surface area contributed by atoms with Crippen LogP contribution < -0.4 is 16.4 Å². The van der Waals surface area contributed by atoms with Crippen LogP contribution in [0.5, 0.6) is 0 Å². The van der Waals surface area contributed by atoms with E-state index in [0.29, 0.717) is 5.56 Å². The summed E-state index contributed by atoms with van der Waals surface area (Å²) in [4.78, 5) is 23.5. The predicted molar refractivity (Wildman–Crippen MR) is 69.4 cm³/mol. The number of amides is 2. The van der Waals surface area contributed by atoms with E-state index in [1.54, 1.807) is 0 Å². The van der Waals surface area contributed by atoms with Crippen molar-refractivity contribution in [2.24, 2.45) is 5.73 Å². The lowest BCUT2D eigenvalue weighted by molar-refractivity contribution is -0.127. The van der Waals surface area contributed by atoms with Crippen LogP contribution in [-0.4, -0.2) is 30.8 Å². The highest BCUT2D eigenvalue weighted by Gasteiger charge is 2.33. The number of anilines is 1. The number of nitrogens with one attached hydrogen (secondary N) is 2. The molecule has 2 amide bonds. The number of fused-ring (bicyclic) bond motifs is 1. The van der Waals surface area contributed by atoms with Crippen molar-refractivity contribution in [1.82, 2.24) is 5.32 Å². The van der Waals surface area contributed by atoms with Crippen LogP contribution in [0.25, 0.3) is 0 Å². The molecule has 0 aromatic heterocycles. The Balaban J connectivity index is 2.17. The van der Waals surface area contributed by atoms with Crippen LogP contribution in [0.1, 0.15) is 17.9 Å². The molecule has 5 nitrogen and oxygen atoms in total. The molecule has 0 saturated carbocycles. The summed E-state index contributed by atoms with van der Waals surface area (Å²) in [6, 6.07) is 3.58. The van der Waals surface area contributed by atoms with Crippen molar-refractivity contribution in [1.29, 1.82) is 0 Å². The summed E-state index contributed by atoms with van der Waals surface area (Å²) in [5.41, 5.74) is 5.45. The van der Waals surface area contributed by atoms with Gasteiger partial charge in [-0.2, -0.15) is 0 Å². The smallest absolute Gasteiger partial charge is 0.277 e. The number of nitrogens with two attached hydrogens (primary N) is 1. The SMILES string of the molecule is NCC(F)(F)CNC(=O)C1CC(=O)Nc2cc(F)ccc21. The number of halogens is 3. The highest BCUT2D eigenvalue weighted by atomic mass is 19.3. The van der Waals surface area contributed by atoms with Gasteiger partial charge in [-0.25, -0.2) is 13.2 Å². The molecule has 1 aromatic carbocycles. The second-order valence-corrected chi connectivity index (χ2v) is 4.81. The third-order valence-electron chi connectivity index (χ3n) is 3.19. The third kappa shape index (κ3) is 3.52. The minimum atomic E-state index is -3.21. The Hall–Kier alpha value is -2.09. The molecule has 0 bridgehead atoms. The van der Waals surface area contributed by atoms with Crippen molar-refractivity contribution in [2.45, 2.75) is 18.3 Å². The largest absolute Gasteiger partial charge is 0.349 e. The molecule has 8 heteroatoms. The molecule has 1 aliphatic rings. The molecule has 0 radical (unpaired) electrons. The summed E-state index contributed by atoms with van der Waals surface area (Å²) < 4.78 is 39.2. The second-order valence-electron chi connectivity index (χ2n) is 4.81. The maximum Gasteiger partial charge on any atom is 0.277 e. The summed E-state index contributed by atoms with van der Waals surface area (Å²) in [5.74, 6) is -5.89. The highest BCUT2D eigenvalue weighted by Crippen LogP contribution is 2.32. The van der Waals surface area contributed by atoms with E-state index >= 15 is 0 Å². The fourth-order valence-corrected chi connectivity index (χ4v) is 2.08. The number of hydrogen-bond acceptors (Lipinski definition) is 3. The quantitative estimate of drug-likeness (QED) is 0.774. The number of rotatable bonds is 4. The van der Waals surface area contributed by atoms with Crippen molar-refractivity contribution >= 4 is 17.5 Å². The molecule has 0 saturated heterocycles. The van der Waals surface area contributed by atoms with Gasteiger partial charge in [0.2, 0.25) is 11.8 Å². The Kier molecular flexibility index (Phi) is 4.17. The molecular formula is C13H14F3N3O2. The molecule has 114 valence electrons. The average Bonchev–Trinajstić information content (AvgIpc) is 2.43. The molecule has 2 rings (SSSR count). The van der Waals surface area contributed by atoms with Crippen LogP contribution in [-0.2, 0) is 9.59 Å². The zero-order valence-electron chi connectivity index (χ0n) is 11.0. The van der Waals surface area contributed by atoms with Gasteiger partial charge in [0.1, 0.15) is 5.82 Å². The zero-order chi connectivity index (χ0) is 15.6. The van der Waals surface area contributed by atoms with E-state index in [0.717, 1.165) is 12.1 Å². The van der Waals surface area contributed by atoms with Gasteiger partial charge in [0.05, 0.1) is 19.0 Å². The van der Waals surface area contributed by atoms with Crippen molar-refractivity contribution in [3.05, 3.63) is 29.6 Å². The average molecular weight is 301 g/mol. The van der Waals surface area contributed by atoms with Gasteiger partial charge in [-0.1, -0.05) is 6.07 Å². The summed E-state index contributed by atoms with van der Waals surface area (Å²) in [7, 11) is 0. The lowest BCUT2D eigenvalue weighted by Crippen LogP contribution is -2.44. The molecule has 0 spiro atoms. The normalized spacial score (nSPS) is 17.9. The molecule has 0 fully saturated rings. The Morgan fingerprint density at radius 2 is 2.19 bits per heavy atom. The summed E-state index contributed by atoms with van der Waals surface area (Å²) in [5, 5.41) is 4.52. The first-order valence-electron chi connectivity index (χ1n) is 6.27. The van der Waals surface area contributed by atoms with Gasteiger partial charge in [-0.15, -0.1) is 0 Å². The Bertz CT molecular complexity index is 578. The molecule has 4 N–H and O–H groups in total. The van der Waals surface area contributed by atoms with E-state index in [9.17, 15) is 22.8 Å². The van der Waals surface area contributed by atoms with Gasteiger partial charge >= 0.3 is 0 Å². The van der Waals surface area contributed by atoms with Crippen molar-refractivity contribution < 1.29 is 22.8 Å². The Morgan fingerprint density at radius 1 is 1.48 bits per heavy atom. The van der Waals surface area contributed by atoms with Gasteiger partial charge in [0, 0.05) is 12.1 Å². The van der Waals surface area contributed by atoms with Crippen LogP contribution in [0.15, 0.2) is 18.2 Å². The van der Waals surface area contributed by atoms with Crippen molar-refractivity contribution in [3.63, 3.8) is 0 Å². The van der Waals surface area contributed by atoms with E-state index in [1.165, 1.54) is 6.07 Å². The molecule has 1 aliphatic heterocycles. The van der Waals surface area contributed by atoms with Crippen molar-refractivity contribution in [2.75, 3.05) is 18.4 Å². The standard InChI is InChI=1S/C13H14F3N3O2/c14-7-1-2-8-9(4-11(20)19-10(8)3-7)12(21)18-6-13(15,16)5-17/h1-3,9H,4-6,17H2,(H,18,21)(H,19,20). The molecular weight excluding hydrogens is 287 g/mol. The summed E-state index contributed by atoms with van der Waals surface area (Å²) in [6.45, 7) is -1.79. The maximum absolute atomic E-state index is 13.1. The van der Waals surface area contributed by atoms with E-state index in [-0.39, 0.29) is 12.1 Å². The van der Waals surface area contributed by atoms with Gasteiger partial charge in [0.15, 0.2) is 0 Å². The lowest BCUT2D eigenvalue weighted by Gasteiger charge is -2.25. The molecule has 1 atom stereocenters. The van der Waals surface area contributed by atoms with Gasteiger partial charge in [0.25, 0.3) is 5.92 Å². The molecule has 21 heavy (non-hydrogen) atoms. The lowest BCUT2D eigenvalue weighted by atomic mass is 9.89. The Morgan fingerprint density at radius 3 is 2.86 bits per heavy atom. The summed E-state index contributed by atoms with van der Waals surface area (Å²) in [6.07, 6.45) is -0.182. The first kappa shape index (κ1) is 15.3. The number of alkyl halides is 2. The molecule has 0 aliphatic carbocycles. The first-order valence-corrected chi connectivity index (χ1v) is 6.27. The number of benzene rings is 1. The molecule has 1 heterocycles. The number of carbonyl (C=O) groups excluding carboxylic acids is 2. The van der Waals surface area contributed by atoms with Gasteiger partial charge < -0.3 is 16.4 Å². The number of carbonyl (C=O) groups is 2. The van der Waals surface area contributed by atoms with E-state index in [1.807, 2.05) is 0 Å². The fraction of sp³-hybridized carbons (Fsp3) is 0.385. The van der Waals surface area contributed by atoms with Crippen molar-refractivity contribution in [3.8, 4) is 0 Å². The monoisotopic (exact) mass is 301 g/mol. The highest BCUT2D eigenvalue weighted by molar-refractivity contribution is 6.01. The first-order chi connectivity index (χ1) is 9.82. The minimum absolute atomic E-state index is 0.178. The zero-order valence-corrected chi connectivity index (χ0v) is 11.0. The van der Waals surface area contributed by atoms with Gasteiger partial charge in [-0.3, -0.25) is 9.59 Å². The topological polar surface area (TPSA) is 84.2 Å². The van der Waals surface area contributed by atoms with Crippen LogP contribution in [0.2, 0.25) is 0 Å². The Labute approximate surface area is 118 Å². The fourth-order valence-electron chi connectivity index (χ4n) is 2.08. The van der Waals surface area contributed by atoms with Crippen LogP contribution in [0.3, 0.4) is 0 Å². The second kappa shape index (κ2) is 5.72. The molecule has 1 unspecified atom stereocenters.